The second kappa shape index (κ2) is 68.3. The van der Waals surface area contributed by atoms with Crippen LogP contribution in [0.5, 0.6) is 0 Å². The van der Waals surface area contributed by atoms with E-state index in [4.69, 9.17) is 14.2 Å². The van der Waals surface area contributed by atoms with E-state index in [0.29, 0.717) is 19.3 Å². The molecule has 0 heterocycles. The summed E-state index contributed by atoms with van der Waals surface area (Å²) >= 11 is 0. The Balaban J connectivity index is 4.35. The Hall–Kier alpha value is -4.19. The Morgan fingerprint density at radius 3 is 0.753 bits per heavy atom. The first-order chi connectivity index (χ1) is 40.0. The average Bonchev–Trinajstić information content (AvgIpc) is 3.47. The van der Waals surface area contributed by atoms with Crippen molar-refractivity contribution < 1.29 is 28.6 Å². The van der Waals surface area contributed by atoms with E-state index < -0.39 is 6.10 Å². The van der Waals surface area contributed by atoms with Crippen molar-refractivity contribution in [2.75, 3.05) is 13.2 Å². The third-order valence-corrected chi connectivity index (χ3v) is 14.5. The van der Waals surface area contributed by atoms with Gasteiger partial charge in [0.15, 0.2) is 6.10 Å². The minimum atomic E-state index is -0.796. The molecule has 0 saturated carbocycles. The standard InChI is InChI=1S/C75H126O6/c1-4-7-10-13-16-19-22-25-28-31-32-33-34-35-36-37-38-39-40-41-42-45-47-50-53-56-59-62-65-68-74(77)80-71-72(81-75(78)69-66-63-60-57-54-51-48-44-30-27-24-21-18-15-12-9-6-3)70-79-73(76)67-64-61-58-55-52-49-46-43-29-26-23-20-17-14-11-8-5-2/h7,9-10,12,16,18-19,21,25,27-28,30,32-33,35-36,38-39,48,51,72H,4-6,8,11,13-15,17,20,22-24,26,29,31,34,37,40-47,49-50,52-71H2,1-3H3/b10-7-,12-9-,19-16-,21-18-,28-25-,30-27-,33-32-,36-35-,39-38-,51-48-. The molecule has 0 bridgehead atoms. The Morgan fingerprint density at radius 1 is 0.259 bits per heavy atom. The molecule has 81 heavy (non-hydrogen) atoms. The lowest BCUT2D eigenvalue weighted by Crippen LogP contribution is -2.30. The maximum absolute atomic E-state index is 12.9. The summed E-state index contributed by atoms with van der Waals surface area (Å²) in [5.74, 6) is -0.906. The second-order valence-electron chi connectivity index (χ2n) is 22.3. The van der Waals surface area contributed by atoms with Crippen LogP contribution >= 0.6 is 0 Å². The molecule has 0 aromatic carbocycles. The van der Waals surface area contributed by atoms with Crippen molar-refractivity contribution in [3.05, 3.63) is 122 Å². The van der Waals surface area contributed by atoms with Crippen molar-refractivity contribution in [2.24, 2.45) is 0 Å². The SMILES string of the molecule is CC/C=C\C/C=C\C/C=C\C/C=C\C/C=C\C/C=C\CCCCCCCCCCCCC(=O)OCC(COC(=O)CCCCCCCCCCCCCCCCCCC)OC(=O)CCCCCC/C=C\C/C=C\C/C=C\C/C=C\CC. The number of hydrogen-bond donors (Lipinski definition) is 0. The van der Waals surface area contributed by atoms with Crippen LogP contribution in [0.25, 0.3) is 0 Å². The van der Waals surface area contributed by atoms with E-state index in [1.54, 1.807) is 0 Å². The van der Waals surface area contributed by atoms with Crippen molar-refractivity contribution in [1.82, 2.24) is 0 Å². The van der Waals surface area contributed by atoms with Gasteiger partial charge in [0.2, 0.25) is 0 Å². The molecular weight excluding hydrogens is 997 g/mol. The number of allylic oxidation sites excluding steroid dienone is 20. The van der Waals surface area contributed by atoms with Crippen LogP contribution in [-0.4, -0.2) is 37.2 Å². The minimum absolute atomic E-state index is 0.0881. The fourth-order valence-corrected chi connectivity index (χ4v) is 9.44. The summed E-state index contributed by atoms with van der Waals surface area (Å²) in [6.45, 7) is 6.42. The molecule has 0 aromatic heterocycles. The van der Waals surface area contributed by atoms with Crippen molar-refractivity contribution in [2.45, 2.75) is 322 Å². The van der Waals surface area contributed by atoms with Crippen LogP contribution in [0.3, 0.4) is 0 Å². The van der Waals surface area contributed by atoms with Crippen LogP contribution < -0.4 is 0 Å². The van der Waals surface area contributed by atoms with Crippen LogP contribution in [-0.2, 0) is 28.6 Å². The third-order valence-electron chi connectivity index (χ3n) is 14.5. The molecule has 0 aliphatic heterocycles. The number of ether oxygens (including phenoxy) is 3. The summed E-state index contributed by atoms with van der Waals surface area (Å²) in [6.07, 6.45) is 95.0. The lowest BCUT2D eigenvalue weighted by Gasteiger charge is -2.18. The van der Waals surface area contributed by atoms with Crippen molar-refractivity contribution in [3.63, 3.8) is 0 Å². The molecule has 0 N–H and O–H groups in total. The number of carbonyl (C=O) groups is 3. The van der Waals surface area contributed by atoms with E-state index in [0.717, 1.165) is 135 Å². The molecule has 462 valence electrons. The lowest BCUT2D eigenvalue weighted by atomic mass is 10.0. The molecule has 0 amide bonds. The van der Waals surface area contributed by atoms with Gasteiger partial charge in [-0.1, -0.05) is 309 Å². The lowest BCUT2D eigenvalue weighted by molar-refractivity contribution is -0.167. The van der Waals surface area contributed by atoms with Gasteiger partial charge in [0, 0.05) is 19.3 Å². The molecule has 0 aromatic rings. The van der Waals surface area contributed by atoms with E-state index >= 15 is 0 Å². The topological polar surface area (TPSA) is 78.9 Å². The van der Waals surface area contributed by atoms with Crippen LogP contribution in [0, 0.1) is 0 Å². The first-order valence-corrected chi connectivity index (χ1v) is 34.0. The fourth-order valence-electron chi connectivity index (χ4n) is 9.44. The van der Waals surface area contributed by atoms with Gasteiger partial charge in [-0.3, -0.25) is 14.4 Å². The van der Waals surface area contributed by atoms with Crippen LogP contribution in [0.2, 0.25) is 0 Å². The summed E-state index contributed by atoms with van der Waals surface area (Å²) in [4.78, 5) is 38.4. The molecule has 0 aliphatic rings. The number of carbonyl (C=O) groups excluding carboxylic acids is 3. The van der Waals surface area contributed by atoms with E-state index in [1.807, 2.05) is 0 Å². The smallest absolute Gasteiger partial charge is 0.306 e. The van der Waals surface area contributed by atoms with E-state index in [2.05, 4.69) is 142 Å². The van der Waals surface area contributed by atoms with Gasteiger partial charge in [0.05, 0.1) is 0 Å². The third kappa shape index (κ3) is 66.5. The number of esters is 3. The van der Waals surface area contributed by atoms with Gasteiger partial charge in [0.25, 0.3) is 0 Å². The van der Waals surface area contributed by atoms with Crippen molar-refractivity contribution in [3.8, 4) is 0 Å². The maximum Gasteiger partial charge on any atom is 0.306 e. The van der Waals surface area contributed by atoms with Gasteiger partial charge in [-0.2, -0.15) is 0 Å². The monoisotopic (exact) mass is 1120 g/mol. The molecule has 0 spiro atoms. The average molecular weight is 1120 g/mol. The quantitative estimate of drug-likeness (QED) is 0.0261. The molecule has 0 radical (unpaired) electrons. The molecular formula is C75H126O6. The zero-order valence-electron chi connectivity index (χ0n) is 53.0. The van der Waals surface area contributed by atoms with Crippen molar-refractivity contribution in [1.29, 1.82) is 0 Å². The molecule has 6 nitrogen and oxygen atoms in total. The van der Waals surface area contributed by atoms with Gasteiger partial charge >= 0.3 is 17.9 Å². The molecule has 0 saturated heterocycles. The molecule has 0 fully saturated rings. The minimum Gasteiger partial charge on any atom is -0.462 e. The maximum atomic E-state index is 12.9. The highest BCUT2D eigenvalue weighted by atomic mass is 16.6. The first-order valence-electron chi connectivity index (χ1n) is 34.0. The Morgan fingerprint density at radius 2 is 0.481 bits per heavy atom. The van der Waals surface area contributed by atoms with E-state index in [9.17, 15) is 14.4 Å². The highest BCUT2D eigenvalue weighted by molar-refractivity contribution is 5.71. The first kappa shape index (κ1) is 76.8. The fraction of sp³-hybridized carbons (Fsp3) is 0.693. The number of rotatable bonds is 61. The molecule has 1 unspecified atom stereocenters. The highest BCUT2D eigenvalue weighted by Crippen LogP contribution is 2.17. The zero-order valence-corrected chi connectivity index (χ0v) is 53.0. The van der Waals surface area contributed by atoms with E-state index in [1.165, 1.54) is 141 Å². The normalized spacial score (nSPS) is 12.9. The van der Waals surface area contributed by atoms with E-state index in [-0.39, 0.29) is 31.1 Å². The van der Waals surface area contributed by atoms with Gasteiger partial charge < -0.3 is 14.2 Å². The second-order valence-corrected chi connectivity index (χ2v) is 22.3. The Kier molecular flexibility index (Phi) is 64.8. The van der Waals surface area contributed by atoms with Crippen LogP contribution in [0.1, 0.15) is 316 Å². The summed E-state index contributed by atoms with van der Waals surface area (Å²) in [5.41, 5.74) is 0. The predicted octanol–water partition coefficient (Wildman–Crippen LogP) is 23.6. The predicted molar refractivity (Wildman–Crippen MR) is 353 cm³/mol. The largest absolute Gasteiger partial charge is 0.462 e. The van der Waals surface area contributed by atoms with Crippen LogP contribution in [0.15, 0.2) is 122 Å². The van der Waals surface area contributed by atoms with Gasteiger partial charge in [-0.05, 0) is 109 Å². The Labute approximate surface area is 501 Å². The summed E-state index contributed by atoms with van der Waals surface area (Å²) in [7, 11) is 0. The van der Waals surface area contributed by atoms with Gasteiger partial charge in [0.1, 0.15) is 13.2 Å². The van der Waals surface area contributed by atoms with Crippen molar-refractivity contribution >= 4 is 17.9 Å². The molecule has 6 heteroatoms. The van der Waals surface area contributed by atoms with Gasteiger partial charge in [-0.25, -0.2) is 0 Å². The summed E-state index contributed by atoms with van der Waals surface area (Å²) in [6, 6.07) is 0. The molecule has 1 atom stereocenters. The summed E-state index contributed by atoms with van der Waals surface area (Å²) in [5, 5.41) is 0. The van der Waals surface area contributed by atoms with Gasteiger partial charge in [-0.15, -0.1) is 0 Å². The molecule has 0 aliphatic carbocycles. The Bertz CT molecular complexity index is 1670. The van der Waals surface area contributed by atoms with Crippen LogP contribution in [0.4, 0.5) is 0 Å². The number of hydrogen-bond acceptors (Lipinski definition) is 6. The summed E-state index contributed by atoms with van der Waals surface area (Å²) < 4.78 is 17.0. The molecule has 0 rings (SSSR count). The number of unbranched alkanes of at least 4 members (excludes halogenated alkanes) is 30. The zero-order chi connectivity index (χ0) is 58.5. The highest BCUT2D eigenvalue weighted by Gasteiger charge is 2.19.